The highest BCUT2D eigenvalue weighted by molar-refractivity contribution is 7.85. The molecule has 0 radical (unpaired) electrons. The Morgan fingerprint density at radius 1 is 0.833 bits per heavy atom. The third-order valence-corrected chi connectivity index (χ3v) is 4.22. The Balaban J connectivity index is 3.83. The fourth-order valence-corrected chi connectivity index (χ4v) is 2.91. The van der Waals surface area contributed by atoms with Crippen LogP contribution in [0.1, 0.15) is 78.1 Å². The molecular weight excluding hydrogens is 248 g/mol. The van der Waals surface area contributed by atoms with E-state index in [0.717, 1.165) is 25.7 Å². The first-order valence-corrected chi connectivity index (χ1v) is 9.05. The van der Waals surface area contributed by atoms with Gasteiger partial charge >= 0.3 is 0 Å². The van der Waals surface area contributed by atoms with Gasteiger partial charge < -0.3 is 0 Å². The highest BCUT2D eigenvalue weighted by Gasteiger charge is 2.12. The second-order valence-electron chi connectivity index (χ2n) is 5.29. The van der Waals surface area contributed by atoms with Crippen LogP contribution >= 0.6 is 0 Å². The van der Waals surface area contributed by atoms with Crippen molar-refractivity contribution in [3.63, 3.8) is 0 Å². The summed E-state index contributed by atoms with van der Waals surface area (Å²) in [6.45, 7) is 4.36. The molecule has 0 spiro atoms. The Hall–Kier alpha value is -0.0900. The summed E-state index contributed by atoms with van der Waals surface area (Å²) in [5.41, 5.74) is 0. The SMILES string of the molecule is CCCCCCCC(CCCC)CCS(=O)(=O)O. The Bertz CT molecular complexity index is 273. The van der Waals surface area contributed by atoms with E-state index in [2.05, 4.69) is 13.8 Å². The molecule has 0 rings (SSSR count). The van der Waals surface area contributed by atoms with Gasteiger partial charge in [0.05, 0.1) is 5.75 Å². The van der Waals surface area contributed by atoms with Crippen molar-refractivity contribution in [3.8, 4) is 0 Å². The molecule has 0 bridgehead atoms. The molecule has 0 aromatic rings. The van der Waals surface area contributed by atoms with Crippen LogP contribution in [-0.2, 0) is 10.1 Å². The van der Waals surface area contributed by atoms with Crippen LogP contribution in [0, 0.1) is 5.92 Å². The molecule has 0 heterocycles. The molecule has 1 atom stereocenters. The number of unbranched alkanes of at least 4 members (excludes halogenated alkanes) is 5. The van der Waals surface area contributed by atoms with Gasteiger partial charge in [0.25, 0.3) is 10.1 Å². The zero-order chi connectivity index (χ0) is 13.9. The van der Waals surface area contributed by atoms with Crippen molar-refractivity contribution < 1.29 is 13.0 Å². The van der Waals surface area contributed by atoms with E-state index >= 15 is 0 Å². The summed E-state index contributed by atoms with van der Waals surface area (Å²) < 4.78 is 30.4. The summed E-state index contributed by atoms with van der Waals surface area (Å²) in [5.74, 6) is 0.393. The van der Waals surface area contributed by atoms with Gasteiger partial charge in [0.2, 0.25) is 0 Å². The average Bonchev–Trinajstić information content (AvgIpc) is 2.30. The lowest BCUT2D eigenvalue weighted by atomic mass is 9.93. The predicted octanol–water partition coefficient (Wildman–Crippen LogP) is 4.43. The average molecular weight is 278 g/mol. The molecule has 1 unspecified atom stereocenters. The van der Waals surface area contributed by atoms with E-state index in [4.69, 9.17) is 4.55 Å². The molecule has 0 fully saturated rings. The maximum absolute atomic E-state index is 10.8. The fraction of sp³-hybridized carbons (Fsp3) is 1.00. The smallest absolute Gasteiger partial charge is 0.264 e. The minimum atomic E-state index is -3.78. The van der Waals surface area contributed by atoms with Gasteiger partial charge in [-0.2, -0.15) is 8.42 Å². The van der Waals surface area contributed by atoms with E-state index in [9.17, 15) is 8.42 Å². The lowest BCUT2D eigenvalue weighted by molar-refractivity contribution is 0.393. The van der Waals surface area contributed by atoms with Crippen LogP contribution in [0.4, 0.5) is 0 Å². The van der Waals surface area contributed by atoms with E-state index in [1.807, 2.05) is 0 Å². The monoisotopic (exact) mass is 278 g/mol. The van der Waals surface area contributed by atoms with Crippen LogP contribution in [0.3, 0.4) is 0 Å². The van der Waals surface area contributed by atoms with Gasteiger partial charge in [-0.3, -0.25) is 4.55 Å². The maximum atomic E-state index is 10.8. The van der Waals surface area contributed by atoms with Gasteiger partial charge in [-0.05, 0) is 12.3 Å². The molecule has 0 aromatic carbocycles. The molecule has 0 saturated carbocycles. The predicted molar refractivity (Wildman–Crippen MR) is 77.4 cm³/mol. The minimum Gasteiger partial charge on any atom is -0.286 e. The van der Waals surface area contributed by atoms with E-state index in [0.29, 0.717) is 12.3 Å². The van der Waals surface area contributed by atoms with E-state index in [1.54, 1.807) is 0 Å². The fourth-order valence-electron chi connectivity index (χ4n) is 2.28. The minimum absolute atomic E-state index is 0.0731. The van der Waals surface area contributed by atoms with E-state index in [-0.39, 0.29) is 5.75 Å². The Morgan fingerprint density at radius 2 is 1.39 bits per heavy atom. The lowest BCUT2D eigenvalue weighted by Gasteiger charge is -2.15. The molecule has 0 aliphatic carbocycles. The van der Waals surface area contributed by atoms with Crippen molar-refractivity contribution in [2.75, 3.05) is 5.75 Å². The number of hydrogen-bond donors (Lipinski definition) is 1. The van der Waals surface area contributed by atoms with Gasteiger partial charge in [0.15, 0.2) is 0 Å². The molecule has 0 amide bonds. The normalized spacial score (nSPS) is 13.7. The molecule has 0 aliphatic rings. The highest BCUT2D eigenvalue weighted by Crippen LogP contribution is 2.21. The quantitative estimate of drug-likeness (QED) is 0.424. The number of hydrogen-bond acceptors (Lipinski definition) is 2. The van der Waals surface area contributed by atoms with Crippen LogP contribution in [-0.4, -0.2) is 18.7 Å². The van der Waals surface area contributed by atoms with Crippen LogP contribution < -0.4 is 0 Å². The summed E-state index contributed by atoms with van der Waals surface area (Å²) in [7, 11) is -3.78. The lowest BCUT2D eigenvalue weighted by Crippen LogP contribution is -2.10. The molecule has 3 nitrogen and oxygen atoms in total. The summed E-state index contributed by atoms with van der Waals surface area (Å²) in [5, 5.41) is 0. The van der Waals surface area contributed by atoms with E-state index < -0.39 is 10.1 Å². The van der Waals surface area contributed by atoms with Crippen molar-refractivity contribution in [2.45, 2.75) is 78.1 Å². The third-order valence-electron chi connectivity index (χ3n) is 3.47. The summed E-state index contributed by atoms with van der Waals surface area (Å²) in [4.78, 5) is 0. The van der Waals surface area contributed by atoms with Crippen molar-refractivity contribution in [3.05, 3.63) is 0 Å². The Morgan fingerprint density at radius 3 is 1.94 bits per heavy atom. The van der Waals surface area contributed by atoms with Crippen molar-refractivity contribution >= 4 is 10.1 Å². The molecule has 0 saturated heterocycles. The van der Waals surface area contributed by atoms with Gasteiger partial charge in [0, 0.05) is 0 Å². The zero-order valence-electron chi connectivity index (χ0n) is 12.0. The topological polar surface area (TPSA) is 54.4 Å². The highest BCUT2D eigenvalue weighted by atomic mass is 32.2. The first-order valence-electron chi connectivity index (χ1n) is 7.44. The summed E-state index contributed by atoms with van der Waals surface area (Å²) in [6, 6.07) is 0. The van der Waals surface area contributed by atoms with Crippen LogP contribution in [0.15, 0.2) is 0 Å². The number of rotatable bonds is 12. The van der Waals surface area contributed by atoms with Crippen molar-refractivity contribution in [2.24, 2.45) is 5.92 Å². The van der Waals surface area contributed by atoms with E-state index in [1.165, 1.54) is 32.1 Å². The van der Waals surface area contributed by atoms with Gasteiger partial charge in [0.1, 0.15) is 0 Å². The van der Waals surface area contributed by atoms with Crippen LogP contribution in [0.2, 0.25) is 0 Å². The Labute approximate surface area is 113 Å². The van der Waals surface area contributed by atoms with Crippen molar-refractivity contribution in [1.82, 2.24) is 0 Å². The van der Waals surface area contributed by atoms with Gasteiger partial charge in [-0.25, -0.2) is 0 Å². The second kappa shape index (κ2) is 10.8. The largest absolute Gasteiger partial charge is 0.286 e. The van der Waals surface area contributed by atoms with Crippen LogP contribution in [0.5, 0.6) is 0 Å². The summed E-state index contributed by atoms with van der Waals surface area (Å²) >= 11 is 0. The first-order chi connectivity index (χ1) is 8.49. The van der Waals surface area contributed by atoms with Gasteiger partial charge in [-0.15, -0.1) is 0 Å². The molecular formula is C14H30O3S. The first kappa shape index (κ1) is 17.9. The van der Waals surface area contributed by atoms with Gasteiger partial charge in [-0.1, -0.05) is 71.6 Å². The second-order valence-corrected chi connectivity index (χ2v) is 6.86. The molecule has 4 heteroatoms. The standard InChI is InChI=1S/C14H30O3S/c1-3-5-7-8-9-11-14(10-6-4-2)12-13-18(15,16)17/h14H,3-13H2,1-2H3,(H,15,16,17). The summed E-state index contributed by atoms with van der Waals surface area (Å²) in [6.07, 6.45) is 11.4. The Kier molecular flexibility index (Phi) is 10.7. The molecule has 0 aliphatic heterocycles. The molecule has 110 valence electrons. The third kappa shape index (κ3) is 12.4. The zero-order valence-corrected chi connectivity index (χ0v) is 12.8. The maximum Gasteiger partial charge on any atom is 0.264 e. The van der Waals surface area contributed by atoms with Crippen LogP contribution in [0.25, 0.3) is 0 Å². The van der Waals surface area contributed by atoms with Crippen molar-refractivity contribution in [1.29, 1.82) is 0 Å². The molecule has 1 N–H and O–H groups in total. The molecule has 18 heavy (non-hydrogen) atoms. The molecule has 0 aromatic heterocycles.